The molecule has 0 spiro atoms. The van der Waals surface area contributed by atoms with Gasteiger partial charge in [0.15, 0.2) is 19.7 Å². The first-order chi connectivity index (χ1) is 16.1. The summed E-state index contributed by atoms with van der Waals surface area (Å²) in [6, 6.07) is 27.1. The lowest BCUT2D eigenvalue weighted by atomic mass is 9.94. The van der Waals surface area contributed by atoms with E-state index in [0.717, 1.165) is 53.9 Å². The van der Waals surface area contributed by atoms with Gasteiger partial charge in [-0.15, -0.1) is 0 Å². The van der Waals surface area contributed by atoms with Gasteiger partial charge in [-0.05, 0) is 102 Å². The van der Waals surface area contributed by atoms with Crippen molar-refractivity contribution in [3.8, 4) is 0 Å². The zero-order valence-electron chi connectivity index (χ0n) is 18.5. The van der Waals surface area contributed by atoms with Gasteiger partial charge >= 0.3 is 0 Å². The van der Waals surface area contributed by atoms with Crippen LogP contribution < -0.4 is 0 Å². The van der Waals surface area contributed by atoms with Gasteiger partial charge in [0.05, 0.1) is 9.79 Å². The van der Waals surface area contributed by atoms with E-state index in [1.54, 1.807) is 24.3 Å². The third-order valence-corrected chi connectivity index (χ3v) is 8.77. The summed E-state index contributed by atoms with van der Waals surface area (Å²) in [4.78, 5) is 0.633. The topological polar surface area (TPSA) is 68.3 Å². The summed E-state index contributed by atoms with van der Waals surface area (Å²) in [5.74, 6) is 0. The Morgan fingerprint density at radius 1 is 0.382 bits per heavy atom. The van der Waals surface area contributed by atoms with E-state index in [1.165, 1.54) is 12.5 Å². The third-order valence-electron chi connectivity index (χ3n) is 6.55. The molecular weight excluding hydrogens is 464 g/mol. The fourth-order valence-corrected chi connectivity index (χ4v) is 6.10. The van der Waals surface area contributed by atoms with Crippen molar-refractivity contribution >= 4 is 73.5 Å². The van der Waals surface area contributed by atoms with Crippen molar-refractivity contribution < 1.29 is 16.8 Å². The maximum Gasteiger partial charge on any atom is 0.175 e. The molecule has 168 valence electrons. The van der Waals surface area contributed by atoms with Gasteiger partial charge in [0, 0.05) is 12.5 Å². The van der Waals surface area contributed by atoms with Crippen LogP contribution in [-0.4, -0.2) is 29.3 Å². The van der Waals surface area contributed by atoms with Crippen molar-refractivity contribution in [1.82, 2.24) is 0 Å². The Hall–Kier alpha value is -3.48. The van der Waals surface area contributed by atoms with Crippen LogP contribution >= 0.6 is 0 Å². The van der Waals surface area contributed by atoms with Crippen LogP contribution in [0, 0.1) is 0 Å². The zero-order chi connectivity index (χ0) is 23.8. The highest BCUT2D eigenvalue weighted by Crippen LogP contribution is 2.36. The van der Waals surface area contributed by atoms with Gasteiger partial charge in [-0.1, -0.05) is 36.4 Å². The number of benzene rings is 6. The SMILES string of the molecule is CS(=O)(=O)c1ccc2cc3c(ccc4c5cc6ccc(S(C)(=O)=O)cc6cc5ccc34)cc2c1. The smallest absolute Gasteiger partial charge is 0.175 e. The van der Waals surface area contributed by atoms with E-state index in [9.17, 15) is 16.8 Å². The van der Waals surface area contributed by atoms with Crippen LogP contribution in [0.2, 0.25) is 0 Å². The molecule has 6 rings (SSSR count). The Labute approximate surface area is 197 Å². The molecule has 0 bridgehead atoms. The molecule has 0 saturated heterocycles. The first kappa shape index (κ1) is 21.1. The number of hydrogen-bond acceptors (Lipinski definition) is 4. The van der Waals surface area contributed by atoms with Crippen molar-refractivity contribution in [2.24, 2.45) is 0 Å². The van der Waals surface area contributed by atoms with E-state index in [1.807, 2.05) is 24.3 Å². The number of hydrogen-bond donors (Lipinski definition) is 0. The van der Waals surface area contributed by atoms with Gasteiger partial charge in [-0.25, -0.2) is 16.8 Å². The van der Waals surface area contributed by atoms with Gasteiger partial charge in [-0.3, -0.25) is 0 Å². The molecule has 4 nitrogen and oxygen atoms in total. The summed E-state index contributed by atoms with van der Waals surface area (Å²) in [5.41, 5.74) is 0. The molecule has 0 aromatic heterocycles. The fourth-order valence-electron chi connectivity index (χ4n) is 4.79. The number of sulfone groups is 2. The molecule has 0 aliphatic carbocycles. The molecule has 0 unspecified atom stereocenters. The zero-order valence-corrected chi connectivity index (χ0v) is 20.2. The maximum atomic E-state index is 12.0. The standard InChI is InChI=1S/C28H20O4S2/c1-33(29,30)23-7-3-17-15-27-19(11-21(17)13-23)5-9-26-25(27)10-6-20-12-22-14-24(34(2,31)32)8-4-18(22)16-28(20)26/h3-16H,1-2H3. The van der Waals surface area contributed by atoms with E-state index in [0.29, 0.717) is 9.79 Å². The van der Waals surface area contributed by atoms with E-state index < -0.39 is 19.7 Å². The van der Waals surface area contributed by atoms with Crippen LogP contribution in [0.5, 0.6) is 0 Å². The first-order valence-electron chi connectivity index (χ1n) is 10.7. The van der Waals surface area contributed by atoms with Crippen LogP contribution in [0.3, 0.4) is 0 Å². The second-order valence-electron chi connectivity index (χ2n) is 8.94. The molecule has 0 atom stereocenters. The molecule has 0 heterocycles. The summed E-state index contributed by atoms with van der Waals surface area (Å²) in [5, 5.41) is 10.3. The van der Waals surface area contributed by atoms with Crippen LogP contribution in [-0.2, 0) is 19.7 Å². The van der Waals surface area contributed by atoms with Crippen molar-refractivity contribution in [2.45, 2.75) is 9.79 Å². The van der Waals surface area contributed by atoms with E-state index in [4.69, 9.17) is 0 Å². The molecule has 6 heteroatoms. The molecule has 0 aliphatic heterocycles. The molecule has 0 fully saturated rings. The van der Waals surface area contributed by atoms with E-state index in [2.05, 4.69) is 36.4 Å². The van der Waals surface area contributed by atoms with Crippen molar-refractivity contribution in [2.75, 3.05) is 12.5 Å². The Kier molecular flexibility index (Phi) is 4.35. The highest BCUT2D eigenvalue weighted by molar-refractivity contribution is 7.91. The van der Waals surface area contributed by atoms with Gasteiger partial charge in [0.25, 0.3) is 0 Å². The molecule has 0 radical (unpaired) electrons. The van der Waals surface area contributed by atoms with E-state index >= 15 is 0 Å². The molecule has 0 N–H and O–H groups in total. The Morgan fingerprint density at radius 3 is 1.15 bits per heavy atom. The predicted octanol–water partition coefficient (Wildman–Crippen LogP) is 6.26. The highest BCUT2D eigenvalue weighted by atomic mass is 32.2. The number of rotatable bonds is 2. The maximum absolute atomic E-state index is 12.0. The van der Waals surface area contributed by atoms with Crippen LogP contribution in [0.1, 0.15) is 0 Å². The normalized spacial score (nSPS) is 12.9. The average Bonchev–Trinajstić information content (AvgIpc) is 2.79. The Bertz CT molecular complexity index is 1910. The molecule has 34 heavy (non-hydrogen) atoms. The summed E-state index contributed by atoms with van der Waals surface area (Å²) in [7, 11) is -6.54. The largest absolute Gasteiger partial charge is 0.224 e. The lowest BCUT2D eigenvalue weighted by Crippen LogP contribution is -1.96. The van der Waals surface area contributed by atoms with Crippen LogP contribution in [0.4, 0.5) is 0 Å². The lowest BCUT2D eigenvalue weighted by Gasteiger charge is -2.11. The average molecular weight is 485 g/mol. The molecule has 6 aromatic rings. The van der Waals surface area contributed by atoms with Gasteiger partial charge < -0.3 is 0 Å². The summed E-state index contributed by atoms with van der Waals surface area (Å²) in [6.07, 6.45) is 2.44. The van der Waals surface area contributed by atoms with Gasteiger partial charge in [0.2, 0.25) is 0 Å². The molecule has 0 aliphatic rings. The minimum atomic E-state index is -3.27. The minimum Gasteiger partial charge on any atom is -0.224 e. The summed E-state index contributed by atoms with van der Waals surface area (Å²) < 4.78 is 47.9. The highest BCUT2D eigenvalue weighted by Gasteiger charge is 2.12. The first-order valence-corrected chi connectivity index (χ1v) is 14.5. The minimum absolute atomic E-state index is 0.317. The molecule has 6 aromatic carbocycles. The molecular formula is C28H20O4S2. The quantitative estimate of drug-likeness (QED) is 0.215. The monoisotopic (exact) mass is 484 g/mol. The van der Waals surface area contributed by atoms with Crippen molar-refractivity contribution in [3.63, 3.8) is 0 Å². The fraction of sp³-hybridized carbons (Fsp3) is 0.0714. The summed E-state index contributed by atoms with van der Waals surface area (Å²) in [6.45, 7) is 0. The Morgan fingerprint density at radius 2 is 0.765 bits per heavy atom. The van der Waals surface area contributed by atoms with Gasteiger partial charge in [-0.2, -0.15) is 0 Å². The molecule has 0 amide bonds. The number of fused-ring (bicyclic) bond motifs is 7. The van der Waals surface area contributed by atoms with Crippen molar-refractivity contribution in [3.05, 3.63) is 84.9 Å². The lowest BCUT2D eigenvalue weighted by molar-refractivity contribution is 0.600. The predicted molar refractivity (Wildman–Crippen MR) is 140 cm³/mol. The third kappa shape index (κ3) is 3.33. The van der Waals surface area contributed by atoms with Crippen LogP contribution in [0.15, 0.2) is 94.7 Å². The van der Waals surface area contributed by atoms with Crippen LogP contribution in [0.25, 0.3) is 53.9 Å². The Balaban J connectivity index is 1.63. The van der Waals surface area contributed by atoms with E-state index in [-0.39, 0.29) is 0 Å². The molecule has 0 saturated carbocycles. The summed E-state index contributed by atoms with van der Waals surface area (Å²) >= 11 is 0. The second-order valence-corrected chi connectivity index (χ2v) is 13.0. The van der Waals surface area contributed by atoms with Crippen molar-refractivity contribution in [1.29, 1.82) is 0 Å². The second kappa shape index (κ2) is 7.01. The van der Waals surface area contributed by atoms with Gasteiger partial charge in [0.1, 0.15) is 0 Å².